The number of nitriles is 1. The van der Waals surface area contributed by atoms with Crippen molar-refractivity contribution in [2.24, 2.45) is 0 Å². The van der Waals surface area contributed by atoms with Crippen molar-refractivity contribution < 1.29 is 4.79 Å². The lowest BCUT2D eigenvalue weighted by Gasteiger charge is -2.26. The molecule has 1 heterocycles. The summed E-state index contributed by atoms with van der Waals surface area (Å²) in [5.41, 5.74) is 1.50. The van der Waals surface area contributed by atoms with Crippen molar-refractivity contribution in [1.29, 1.82) is 5.26 Å². The summed E-state index contributed by atoms with van der Waals surface area (Å²) in [5.74, 6) is 0.639. The maximum absolute atomic E-state index is 12.6. The Morgan fingerprint density at radius 3 is 2.70 bits per heavy atom. The number of carbonyl (C=O) groups is 1. The SMILES string of the molecule is CCc1cc(C(=O)N(CCC#N)C(C)C)cc(NC)n1. The summed E-state index contributed by atoms with van der Waals surface area (Å²) < 4.78 is 0. The van der Waals surface area contributed by atoms with Crippen LogP contribution in [0.5, 0.6) is 0 Å². The van der Waals surface area contributed by atoms with E-state index in [1.54, 1.807) is 18.0 Å². The van der Waals surface area contributed by atoms with E-state index < -0.39 is 0 Å². The molecule has 0 aromatic carbocycles. The predicted molar refractivity (Wildman–Crippen MR) is 79.6 cm³/mol. The number of aromatic nitrogens is 1. The predicted octanol–water partition coefficient (Wildman–Crippen LogP) is 2.45. The van der Waals surface area contributed by atoms with Crippen LogP contribution in [0.4, 0.5) is 5.82 Å². The quantitative estimate of drug-likeness (QED) is 0.865. The minimum absolute atomic E-state index is 0.0520. The third kappa shape index (κ3) is 3.95. The molecular formula is C15H22N4O. The van der Waals surface area contributed by atoms with Crippen molar-refractivity contribution in [1.82, 2.24) is 9.88 Å². The van der Waals surface area contributed by atoms with Crippen LogP contribution in [0.2, 0.25) is 0 Å². The third-order valence-electron chi connectivity index (χ3n) is 3.09. The van der Waals surface area contributed by atoms with E-state index in [-0.39, 0.29) is 11.9 Å². The zero-order valence-corrected chi connectivity index (χ0v) is 12.6. The Hall–Kier alpha value is -2.09. The number of nitrogens with one attached hydrogen (secondary N) is 1. The lowest BCUT2D eigenvalue weighted by Crippen LogP contribution is -2.37. The van der Waals surface area contributed by atoms with Crippen molar-refractivity contribution >= 4 is 11.7 Å². The molecule has 0 bridgehead atoms. The monoisotopic (exact) mass is 274 g/mol. The fourth-order valence-corrected chi connectivity index (χ4v) is 1.95. The van der Waals surface area contributed by atoms with Crippen molar-refractivity contribution in [2.75, 3.05) is 18.9 Å². The molecule has 0 spiro atoms. The van der Waals surface area contributed by atoms with Gasteiger partial charge in [0.1, 0.15) is 5.82 Å². The molecule has 0 saturated heterocycles. The van der Waals surface area contributed by atoms with Gasteiger partial charge in [-0.2, -0.15) is 5.26 Å². The van der Waals surface area contributed by atoms with Gasteiger partial charge in [-0.1, -0.05) is 6.92 Å². The standard InChI is InChI=1S/C15H22N4O/c1-5-13-9-12(10-14(17-4)18-13)15(20)19(11(2)3)8-6-7-16/h9-11H,5-6,8H2,1-4H3,(H,17,18). The van der Waals surface area contributed by atoms with Crippen LogP contribution in [0, 0.1) is 11.3 Å². The lowest BCUT2D eigenvalue weighted by molar-refractivity contribution is 0.0710. The molecule has 0 aliphatic rings. The number of amides is 1. The van der Waals surface area contributed by atoms with Gasteiger partial charge in [0.25, 0.3) is 5.91 Å². The van der Waals surface area contributed by atoms with Gasteiger partial charge < -0.3 is 10.2 Å². The summed E-state index contributed by atoms with van der Waals surface area (Å²) in [7, 11) is 1.78. The first-order valence-electron chi connectivity index (χ1n) is 6.90. The minimum Gasteiger partial charge on any atom is -0.373 e. The summed E-state index contributed by atoms with van der Waals surface area (Å²) in [5, 5.41) is 11.7. The van der Waals surface area contributed by atoms with Gasteiger partial charge >= 0.3 is 0 Å². The van der Waals surface area contributed by atoms with Crippen LogP contribution in [0.3, 0.4) is 0 Å². The Morgan fingerprint density at radius 1 is 1.50 bits per heavy atom. The highest BCUT2D eigenvalue weighted by molar-refractivity contribution is 5.95. The van der Waals surface area contributed by atoms with Crippen LogP contribution < -0.4 is 5.32 Å². The van der Waals surface area contributed by atoms with Gasteiger partial charge in [-0.3, -0.25) is 4.79 Å². The van der Waals surface area contributed by atoms with E-state index >= 15 is 0 Å². The molecule has 5 heteroatoms. The van der Waals surface area contributed by atoms with E-state index in [0.29, 0.717) is 24.3 Å². The molecule has 1 aromatic heterocycles. The number of anilines is 1. The van der Waals surface area contributed by atoms with Crippen molar-refractivity contribution in [3.8, 4) is 6.07 Å². The Balaban J connectivity index is 3.07. The molecular weight excluding hydrogens is 252 g/mol. The molecule has 1 rings (SSSR count). The highest BCUT2D eigenvalue weighted by Crippen LogP contribution is 2.15. The van der Waals surface area contributed by atoms with E-state index in [1.165, 1.54) is 0 Å². The Labute approximate surface area is 120 Å². The number of carbonyl (C=O) groups excluding carboxylic acids is 1. The largest absolute Gasteiger partial charge is 0.373 e. The first-order chi connectivity index (χ1) is 9.53. The average Bonchev–Trinajstić information content (AvgIpc) is 2.46. The number of hydrogen-bond donors (Lipinski definition) is 1. The van der Waals surface area contributed by atoms with Crippen molar-refractivity contribution in [3.05, 3.63) is 23.4 Å². The van der Waals surface area contributed by atoms with E-state index in [1.807, 2.05) is 26.8 Å². The second kappa shape index (κ2) is 7.49. The minimum atomic E-state index is -0.0520. The van der Waals surface area contributed by atoms with E-state index in [9.17, 15) is 4.79 Å². The summed E-state index contributed by atoms with van der Waals surface area (Å²) in [6, 6.07) is 5.73. The highest BCUT2D eigenvalue weighted by atomic mass is 16.2. The molecule has 0 aliphatic heterocycles. The molecule has 0 atom stereocenters. The molecule has 1 N–H and O–H groups in total. The maximum atomic E-state index is 12.6. The molecule has 0 saturated carbocycles. The zero-order valence-electron chi connectivity index (χ0n) is 12.6. The Bertz CT molecular complexity index is 483. The van der Waals surface area contributed by atoms with Gasteiger partial charge in [0.15, 0.2) is 0 Å². The van der Waals surface area contributed by atoms with Gasteiger partial charge in [0.05, 0.1) is 12.5 Å². The van der Waals surface area contributed by atoms with Crippen LogP contribution >= 0.6 is 0 Å². The van der Waals surface area contributed by atoms with Crippen molar-refractivity contribution in [3.63, 3.8) is 0 Å². The maximum Gasteiger partial charge on any atom is 0.254 e. The summed E-state index contributed by atoms with van der Waals surface area (Å²) in [6.45, 7) is 6.37. The van der Waals surface area contributed by atoms with Gasteiger partial charge in [0, 0.05) is 30.9 Å². The molecule has 5 nitrogen and oxygen atoms in total. The van der Waals surface area contributed by atoms with Crippen LogP contribution in [-0.4, -0.2) is 35.4 Å². The highest BCUT2D eigenvalue weighted by Gasteiger charge is 2.19. The smallest absolute Gasteiger partial charge is 0.254 e. The van der Waals surface area contributed by atoms with Gasteiger partial charge in [-0.15, -0.1) is 0 Å². The van der Waals surface area contributed by atoms with Crippen LogP contribution in [0.25, 0.3) is 0 Å². The Kier molecular flexibility index (Phi) is 5.98. The molecule has 1 aromatic rings. The fourth-order valence-electron chi connectivity index (χ4n) is 1.95. The Morgan fingerprint density at radius 2 is 2.20 bits per heavy atom. The van der Waals surface area contributed by atoms with Crippen LogP contribution in [-0.2, 0) is 6.42 Å². The molecule has 0 unspecified atom stereocenters. The second-order valence-electron chi connectivity index (χ2n) is 4.84. The van der Waals surface area contributed by atoms with E-state index in [2.05, 4.69) is 16.4 Å². The number of hydrogen-bond acceptors (Lipinski definition) is 4. The van der Waals surface area contributed by atoms with Gasteiger partial charge in [-0.25, -0.2) is 4.98 Å². The molecule has 1 amide bonds. The zero-order chi connectivity index (χ0) is 15.1. The van der Waals surface area contributed by atoms with Gasteiger partial charge in [-0.05, 0) is 32.4 Å². The molecule has 20 heavy (non-hydrogen) atoms. The van der Waals surface area contributed by atoms with E-state index in [4.69, 9.17) is 5.26 Å². The summed E-state index contributed by atoms with van der Waals surface area (Å²) in [4.78, 5) is 18.7. The molecule has 0 aliphatic carbocycles. The third-order valence-corrected chi connectivity index (χ3v) is 3.09. The number of pyridine rings is 1. The van der Waals surface area contributed by atoms with Gasteiger partial charge in [0.2, 0.25) is 0 Å². The summed E-state index contributed by atoms with van der Waals surface area (Å²) >= 11 is 0. The first kappa shape index (κ1) is 16.0. The number of aryl methyl sites for hydroxylation is 1. The second-order valence-corrected chi connectivity index (χ2v) is 4.84. The van der Waals surface area contributed by atoms with E-state index in [0.717, 1.165) is 12.1 Å². The molecule has 0 radical (unpaired) electrons. The first-order valence-corrected chi connectivity index (χ1v) is 6.90. The molecule has 0 fully saturated rings. The van der Waals surface area contributed by atoms with Crippen LogP contribution in [0.15, 0.2) is 12.1 Å². The topological polar surface area (TPSA) is 69.0 Å². The number of rotatable bonds is 6. The lowest BCUT2D eigenvalue weighted by atomic mass is 10.1. The summed E-state index contributed by atoms with van der Waals surface area (Å²) in [6.07, 6.45) is 1.12. The number of nitrogens with zero attached hydrogens (tertiary/aromatic N) is 3. The normalized spacial score (nSPS) is 10.2. The fraction of sp³-hybridized carbons (Fsp3) is 0.533. The average molecular weight is 274 g/mol. The van der Waals surface area contributed by atoms with Crippen molar-refractivity contribution in [2.45, 2.75) is 39.7 Å². The molecule has 108 valence electrons. The van der Waals surface area contributed by atoms with Crippen LogP contribution in [0.1, 0.15) is 43.2 Å².